The number of halogens is 3. The molecule has 0 aliphatic heterocycles. The van der Waals surface area contributed by atoms with Gasteiger partial charge < -0.3 is 9.73 Å². The summed E-state index contributed by atoms with van der Waals surface area (Å²) in [4.78, 5) is 0. The normalized spacial score (nSPS) is 12.0. The van der Waals surface area contributed by atoms with Crippen molar-refractivity contribution in [2.45, 2.75) is 6.04 Å². The zero-order valence-electron chi connectivity index (χ0n) is 14.4. The summed E-state index contributed by atoms with van der Waals surface area (Å²) in [5.41, 5.74) is 1.20. The summed E-state index contributed by atoms with van der Waals surface area (Å²) in [7, 11) is 0. The van der Waals surface area contributed by atoms with Gasteiger partial charge in [-0.15, -0.1) is 10.2 Å². The maximum atomic E-state index is 14.5. The van der Waals surface area contributed by atoms with Crippen molar-refractivity contribution in [3.63, 3.8) is 0 Å². The minimum atomic E-state index is -0.859. The van der Waals surface area contributed by atoms with Crippen molar-refractivity contribution < 1.29 is 13.2 Å². The van der Waals surface area contributed by atoms with Crippen LogP contribution >= 0.6 is 15.9 Å². The maximum Gasteiger partial charge on any atom is 0.247 e. The predicted octanol–water partition coefficient (Wildman–Crippen LogP) is 5.98. The van der Waals surface area contributed by atoms with Gasteiger partial charge in [0.15, 0.2) is 0 Å². The van der Waals surface area contributed by atoms with E-state index in [1.54, 1.807) is 30.3 Å². The quantitative estimate of drug-likeness (QED) is 0.413. The Bertz CT molecular complexity index is 1100. The summed E-state index contributed by atoms with van der Waals surface area (Å²) >= 11 is 3.22. The van der Waals surface area contributed by atoms with Gasteiger partial charge in [-0.2, -0.15) is 0 Å². The van der Waals surface area contributed by atoms with Crippen LogP contribution < -0.4 is 5.32 Å². The molecule has 0 aliphatic rings. The highest BCUT2D eigenvalue weighted by Gasteiger charge is 2.25. The molecule has 0 unspecified atom stereocenters. The Morgan fingerprint density at radius 1 is 0.857 bits per heavy atom. The minimum absolute atomic E-state index is 0.131. The average molecular weight is 442 g/mol. The van der Waals surface area contributed by atoms with Crippen LogP contribution in [0, 0.1) is 11.6 Å². The van der Waals surface area contributed by atoms with Crippen molar-refractivity contribution >= 4 is 21.6 Å². The summed E-state index contributed by atoms with van der Waals surface area (Å²) in [6.45, 7) is 0. The van der Waals surface area contributed by atoms with E-state index in [0.717, 1.165) is 5.56 Å². The number of nitrogens with one attached hydrogen (secondary N) is 1. The molecule has 0 saturated carbocycles. The van der Waals surface area contributed by atoms with Crippen LogP contribution in [0.4, 0.5) is 14.5 Å². The molecule has 28 heavy (non-hydrogen) atoms. The van der Waals surface area contributed by atoms with Crippen molar-refractivity contribution in [1.82, 2.24) is 10.2 Å². The van der Waals surface area contributed by atoms with Crippen LogP contribution in [0.1, 0.15) is 17.5 Å². The third-order valence-electron chi connectivity index (χ3n) is 4.16. The maximum absolute atomic E-state index is 14.5. The summed E-state index contributed by atoms with van der Waals surface area (Å²) < 4.78 is 35.2. The fourth-order valence-electron chi connectivity index (χ4n) is 2.79. The first-order valence-electron chi connectivity index (χ1n) is 8.46. The van der Waals surface area contributed by atoms with Crippen LogP contribution in [0.2, 0.25) is 0 Å². The zero-order chi connectivity index (χ0) is 19.5. The highest BCUT2D eigenvalue weighted by Crippen LogP contribution is 2.31. The largest absolute Gasteiger partial charge is 0.418 e. The molecule has 1 aromatic heterocycles. The first kappa shape index (κ1) is 18.3. The molecule has 7 heteroatoms. The second-order valence-electron chi connectivity index (χ2n) is 6.03. The molecule has 0 radical (unpaired) electrons. The van der Waals surface area contributed by atoms with Crippen LogP contribution in [-0.4, -0.2) is 10.2 Å². The van der Waals surface area contributed by atoms with E-state index in [1.807, 2.05) is 30.3 Å². The molecule has 0 aliphatic carbocycles. The van der Waals surface area contributed by atoms with Gasteiger partial charge in [-0.05, 0) is 36.4 Å². The number of anilines is 1. The molecule has 1 atom stereocenters. The topological polar surface area (TPSA) is 51.0 Å². The number of benzene rings is 3. The average Bonchev–Trinajstić information content (AvgIpc) is 3.19. The monoisotopic (exact) mass is 441 g/mol. The second-order valence-corrected chi connectivity index (χ2v) is 6.95. The molecule has 4 rings (SSSR count). The van der Waals surface area contributed by atoms with Gasteiger partial charge in [0.25, 0.3) is 0 Å². The zero-order valence-corrected chi connectivity index (χ0v) is 16.0. The highest BCUT2D eigenvalue weighted by molar-refractivity contribution is 9.10. The SMILES string of the molecule is Fc1cc(Br)ccc1N[C@H](c1nnc(-c2ccccc2)o1)c1ccccc1F. The van der Waals surface area contributed by atoms with E-state index < -0.39 is 17.7 Å². The smallest absolute Gasteiger partial charge is 0.247 e. The Morgan fingerprint density at radius 3 is 2.36 bits per heavy atom. The Kier molecular flexibility index (Phi) is 5.16. The first-order valence-corrected chi connectivity index (χ1v) is 9.26. The molecular weight excluding hydrogens is 428 g/mol. The van der Waals surface area contributed by atoms with Crippen molar-refractivity contribution in [2.75, 3.05) is 5.32 Å². The molecule has 0 amide bonds. The van der Waals surface area contributed by atoms with Crippen LogP contribution in [0.25, 0.3) is 11.5 Å². The fraction of sp³-hybridized carbons (Fsp3) is 0.0476. The molecular formula is C21H14BrF2N3O. The number of hydrogen-bond acceptors (Lipinski definition) is 4. The third-order valence-corrected chi connectivity index (χ3v) is 4.65. The molecule has 4 nitrogen and oxygen atoms in total. The molecule has 3 aromatic carbocycles. The Balaban J connectivity index is 1.76. The van der Waals surface area contributed by atoms with E-state index >= 15 is 0 Å². The lowest BCUT2D eigenvalue weighted by molar-refractivity contribution is 0.484. The van der Waals surface area contributed by atoms with Gasteiger partial charge in [-0.25, -0.2) is 8.78 Å². The van der Waals surface area contributed by atoms with E-state index in [9.17, 15) is 8.78 Å². The Labute approximate surface area is 168 Å². The van der Waals surface area contributed by atoms with Gasteiger partial charge in [0.1, 0.15) is 17.7 Å². The summed E-state index contributed by atoms with van der Waals surface area (Å²) in [6, 6.07) is 19.1. The van der Waals surface area contributed by atoms with E-state index in [0.29, 0.717) is 10.4 Å². The number of aromatic nitrogens is 2. The number of hydrogen-bond donors (Lipinski definition) is 1. The fourth-order valence-corrected chi connectivity index (χ4v) is 3.13. The van der Waals surface area contributed by atoms with Gasteiger partial charge in [0.05, 0.1) is 5.69 Å². The molecule has 1 heterocycles. The highest BCUT2D eigenvalue weighted by atomic mass is 79.9. The van der Waals surface area contributed by atoms with Crippen LogP contribution in [-0.2, 0) is 0 Å². The van der Waals surface area contributed by atoms with E-state index in [-0.39, 0.29) is 17.1 Å². The lowest BCUT2D eigenvalue weighted by Crippen LogP contribution is -2.15. The Hall–Kier alpha value is -3.06. The van der Waals surface area contributed by atoms with Crippen molar-refractivity contribution in [3.05, 3.63) is 100 Å². The van der Waals surface area contributed by atoms with Crippen LogP contribution in [0.5, 0.6) is 0 Å². The lowest BCUT2D eigenvalue weighted by atomic mass is 10.1. The molecule has 0 spiro atoms. The van der Waals surface area contributed by atoms with Gasteiger partial charge >= 0.3 is 0 Å². The Morgan fingerprint density at radius 2 is 1.61 bits per heavy atom. The predicted molar refractivity (Wildman–Crippen MR) is 106 cm³/mol. The minimum Gasteiger partial charge on any atom is -0.418 e. The standard InChI is InChI=1S/C21H14BrF2N3O/c22-14-10-11-18(17(24)12-14)25-19(15-8-4-5-9-16(15)23)21-27-26-20(28-21)13-6-2-1-3-7-13/h1-12,19,25H/t19-/m0/s1. The first-order chi connectivity index (χ1) is 13.6. The van der Waals surface area contributed by atoms with E-state index in [1.165, 1.54) is 12.1 Å². The third kappa shape index (κ3) is 3.80. The van der Waals surface area contributed by atoms with Crippen LogP contribution in [0.15, 0.2) is 81.7 Å². The van der Waals surface area contributed by atoms with Crippen LogP contribution in [0.3, 0.4) is 0 Å². The van der Waals surface area contributed by atoms with Crippen molar-refractivity contribution in [2.24, 2.45) is 0 Å². The number of rotatable bonds is 5. The molecule has 4 aromatic rings. The van der Waals surface area contributed by atoms with Gasteiger partial charge in [0, 0.05) is 15.6 Å². The van der Waals surface area contributed by atoms with Crippen molar-refractivity contribution in [1.29, 1.82) is 0 Å². The summed E-state index contributed by atoms with van der Waals surface area (Å²) in [6.07, 6.45) is 0. The summed E-state index contributed by atoms with van der Waals surface area (Å²) in [5, 5.41) is 11.1. The van der Waals surface area contributed by atoms with Gasteiger partial charge in [-0.1, -0.05) is 52.3 Å². The lowest BCUT2D eigenvalue weighted by Gasteiger charge is -2.18. The van der Waals surface area contributed by atoms with Crippen molar-refractivity contribution in [3.8, 4) is 11.5 Å². The summed E-state index contributed by atoms with van der Waals surface area (Å²) in [5.74, 6) is -0.517. The molecule has 0 fully saturated rings. The molecule has 140 valence electrons. The number of nitrogens with zero attached hydrogens (tertiary/aromatic N) is 2. The van der Waals surface area contributed by atoms with Gasteiger partial charge in [0.2, 0.25) is 11.8 Å². The van der Waals surface area contributed by atoms with Gasteiger partial charge in [-0.3, -0.25) is 0 Å². The molecule has 0 bridgehead atoms. The molecule has 0 saturated heterocycles. The second kappa shape index (κ2) is 7.90. The van der Waals surface area contributed by atoms with E-state index in [2.05, 4.69) is 31.4 Å². The molecule has 1 N–H and O–H groups in total. The van der Waals surface area contributed by atoms with E-state index in [4.69, 9.17) is 4.42 Å².